The highest BCUT2D eigenvalue weighted by molar-refractivity contribution is 6.30. The first-order chi connectivity index (χ1) is 9.74. The van der Waals surface area contributed by atoms with Crippen LogP contribution >= 0.6 is 11.6 Å². The van der Waals surface area contributed by atoms with E-state index in [9.17, 15) is 5.11 Å². The average Bonchev–Trinajstić information content (AvgIpc) is 2.97. The second-order valence-corrected chi connectivity index (χ2v) is 5.67. The van der Waals surface area contributed by atoms with E-state index in [1.807, 2.05) is 24.3 Å². The maximum Gasteiger partial charge on any atom is 0.169 e. The maximum atomic E-state index is 9.83. The first kappa shape index (κ1) is 13.3. The predicted molar refractivity (Wildman–Crippen MR) is 80.8 cm³/mol. The van der Waals surface area contributed by atoms with Gasteiger partial charge >= 0.3 is 0 Å². The molecule has 0 unspecified atom stereocenters. The number of hydrogen-bond acceptors (Lipinski definition) is 2. The minimum atomic E-state index is 0.153. The van der Waals surface area contributed by atoms with Crippen molar-refractivity contribution in [2.45, 2.75) is 31.6 Å². The highest BCUT2D eigenvalue weighted by Gasteiger charge is 2.21. The molecular weight excluding hydrogens is 272 g/mol. The lowest BCUT2D eigenvalue weighted by atomic mass is 9.97. The lowest BCUT2D eigenvalue weighted by molar-refractivity contribution is 0.407. The molecule has 1 saturated carbocycles. The summed E-state index contributed by atoms with van der Waals surface area (Å²) in [5.74, 6) is 1.94. The molecule has 0 aromatic heterocycles. The van der Waals surface area contributed by atoms with E-state index in [0.29, 0.717) is 11.7 Å². The van der Waals surface area contributed by atoms with Crippen LogP contribution in [0.15, 0.2) is 42.5 Å². The van der Waals surface area contributed by atoms with Crippen LogP contribution in [0.3, 0.4) is 0 Å². The van der Waals surface area contributed by atoms with Gasteiger partial charge in [0.2, 0.25) is 0 Å². The summed E-state index contributed by atoms with van der Waals surface area (Å²) in [5, 5.41) is 10.6. The van der Waals surface area contributed by atoms with Crippen LogP contribution in [0, 0.1) is 0 Å². The summed E-state index contributed by atoms with van der Waals surface area (Å²) in [6.45, 7) is 0. The van der Waals surface area contributed by atoms with Gasteiger partial charge in [0.15, 0.2) is 11.5 Å². The van der Waals surface area contributed by atoms with E-state index in [-0.39, 0.29) is 5.75 Å². The zero-order valence-corrected chi connectivity index (χ0v) is 11.9. The van der Waals surface area contributed by atoms with Gasteiger partial charge in [-0.15, -0.1) is 0 Å². The van der Waals surface area contributed by atoms with Crippen molar-refractivity contribution in [1.82, 2.24) is 0 Å². The second-order valence-electron chi connectivity index (χ2n) is 5.23. The van der Waals surface area contributed by atoms with Crippen molar-refractivity contribution < 1.29 is 9.84 Å². The fourth-order valence-corrected chi connectivity index (χ4v) is 3.01. The van der Waals surface area contributed by atoms with Gasteiger partial charge in [0.1, 0.15) is 5.75 Å². The van der Waals surface area contributed by atoms with Crippen molar-refractivity contribution in [1.29, 1.82) is 0 Å². The van der Waals surface area contributed by atoms with E-state index < -0.39 is 0 Å². The summed E-state index contributed by atoms with van der Waals surface area (Å²) in [4.78, 5) is 0. The molecule has 0 saturated heterocycles. The predicted octanol–water partition coefficient (Wildman–Crippen LogP) is 5.50. The second kappa shape index (κ2) is 5.76. The van der Waals surface area contributed by atoms with Crippen LogP contribution in [-0.2, 0) is 0 Å². The van der Waals surface area contributed by atoms with Crippen LogP contribution in [0.4, 0.5) is 0 Å². The number of benzene rings is 2. The SMILES string of the molecule is Oc1ccccc1Oc1ccc(Cl)cc1C1CCCC1. The summed E-state index contributed by atoms with van der Waals surface area (Å²) in [5.41, 5.74) is 1.15. The van der Waals surface area contributed by atoms with Crippen LogP contribution in [-0.4, -0.2) is 5.11 Å². The van der Waals surface area contributed by atoms with E-state index in [1.54, 1.807) is 18.2 Å². The Morgan fingerprint density at radius 1 is 1.00 bits per heavy atom. The van der Waals surface area contributed by atoms with Gasteiger partial charge in [-0.3, -0.25) is 0 Å². The Kier molecular flexibility index (Phi) is 3.83. The van der Waals surface area contributed by atoms with E-state index in [1.165, 1.54) is 25.7 Å². The van der Waals surface area contributed by atoms with Gasteiger partial charge in [-0.1, -0.05) is 36.6 Å². The van der Waals surface area contributed by atoms with E-state index in [2.05, 4.69) is 0 Å². The maximum absolute atomic E-state index is 9.83. The third-order valence-electron chi connectivity index (χ3n) is 3.85. The monoisotopic (exact) mass is 288 g/mol. The zero-order chi connectivity index (χ0) is 13.9. The normalized spacial score (nSPS) is 15.4. The van der Waals surface area contributed by atoms with Crippen molar-refractivity contribution in [2.24, 2.45) is 0 Å². The van der Waals surface area contributed by atoms with Crippen molar-refractivity contribution in [3.8, 4) is 17.2 Å². The average molecular weight is 289 g/mol. The van der Waals surface area contributed by atoms with E-state index >= 15 is 0 Å². The Morgan fingerprint density at radius 3 is 2.50 bits per heavy atom. The Hall–Kier alpha value is -1.67. The molecule has 0 bridgehead atoms. The zero-order valence-electron chi connectivity index (χ0n) is 11.2. The Bertz CT molecular complexity index is 604. The molecule has 1 aliphatic rings. The number of hydrogen-bond donors (Lipinski definition) is 1. The van der Waals surface area contributed by atoms with Crippen LogP contribution in [0.5, 0.6) is 17.2 Å². The molecule has 0 heterocycles. The molecular formula is C17H17ClO2. The van der Waals surface area contributed by atoms with Crippen LogP contribution < -0.4 is 4.74 Å². The molecule has 2 nitrogen and oxygen atoms in total. The fourth-order valence-electron chi connectivity index (χ4n) is 2.83. The van der Waals surface area contributed by atoms with Gasteiger partial charge in [0.05, 0.1) is 0 Å². The van der Waals surface area contributed by atoms with Crippen molar-refractivity contribution in [3.63, 3.8) is 0 Å². The molecule has 3 heteroatoms. The Morgan fingerprint density at radius 2 is 1.75 bits per heavy atom. The summed E-state index contributed by atoms with van der Waals surface area (Å²) in [7, 11) is 0. The first-order valence-corrected chi connectivity index (χ1v) is 7.37. The molecule has 0 aliphatic heterocycles. The number of ether oxygens (including phenoxy) is 1. The van der Waals surface area contributed by atoms with Crippen LogP contribution in [0.2, 0.25) is 5.02 Å². The highest BCUT2D eigenvalue weighted by Crippen LogP contribution is 2.42. The summed E-state index contributed by atoms with van der Waals surface area (Å²) >= 11 is 6.12. The third kappa shape index (κ3) is 2.75. The highest BCUT2D eigenvalue weighted by atomic mass is 35.5. The van der Waals surface area contributed by atoms with Crippen LogP contribution in [0.25, 0.3) is 0 Å². The largest absolute Gasteiger partial charge is 0.504 e. The number of aromatic hydroxyl groups is 1. The molecule has 3 rings (SSSR count). The quantitative estimate of drug-likeness (QED) is 0.808. The standard InChI is InChI=1S/C17H17ClO2/c18-13-9-10-16(14(11-13)12-5-1-2-6-12)20-17-8-4-3-7-15(17)19/h3-4,7-12,19H,1-2,5-6H2. The van der Waals surface area contributed by atoms with E-state index in [4.69, 9.17) is 16.3 Å². The Labute approximate surface area is 124 Å². The molecule has 20 heavy (non-hydrogen) atoms. The smallest absolute Gasteiger partial charge is 0.169 e. The number of phenols is 1. The molecule has 2 aromatic carbocycles. The van der Waals surface area contributed by atoms with Gasteiger partial charge in [0, 0.05) is 5.02 Å². The molecule has 1 N–H and O–H groups in total. The third-order valence-corrected chi connectivity index (χ3v) is 4.09. The number of rotatable bonds is 3. The molecule has 104 valence electrons. The van der Waals surface area contributed by atoms with Crippen LogP contribution in [0.1, 0.15) is 37.2 Å². The number of para-hydroxylation sites is 2. The lowest BCUT2D eigenvalue weighted by Crippen LogP contribution is -1.97. The van der Waals surface area contributed by atoms with Gasteiger partial charge in [-0.05, 0) is 54.7 Å². The molecule has 1 aliphatic carbocycles. The van der Waals surface area contributed by atoms with Gasteiger partial charge in [0.25, 0.3) is 0 Å². The fraction of sp³-hybridized carbons (Fsp3) is 0.294. The molecule has 0 radical (unpaired) electrons. The minimum absolute atomic E-state index is 0.153. The van der Waals surface area contributed by atoms with E-state index in [0.717, 1.165) is 16.3 Å². The van der Waals surface area contributed by atoms with Gasteiger partial charge in [-0.25, -0.2) is 0 Å². The minimum Gasteiger partial charge on any atom is -0.504 e. The Balaban J connectivity index is 1.94. The van der Waals surface area contributed by atoms with Crippen molar-refractivity contribution >= 4 is 11.6 Å². The molecule has 0 atom stereocenters. The number of phenolic OH excluding ortho intramolecular Hbond substituents is 1. The summed E-state index contributed by atoms with van der Waals surface area (Å²) in [6, 6.07) is 12.7. The molecule has 2 aromatic rings. The first-order valence-electron chi connectivity index (χ1n) is 6.99. The molecule has 0 spiro atoms. The molecule has 1 fully saturated rings. The lowest BCUT2D eigenvalue weighted by Gasteiger charge is -2.16. The number of halogens is 1. The van der Waals surface area contributed by atoms with Crippen molar-refractivity contribution in [3.05, 3.63) is 53.1 Å². The molecule has 0 amide bonds. The van der Waals surface area contributed by atoms with Crippen molar-refractivity contribution in [2.75, 3.05) is 0 Å². The van der Waals surface area contributed by atoms with Gasteiger partial charge < -0.3 is 9.84 Å². The summed E-state index contributed by atoms with van der Waals surface area (Å²) < 4.78 is 5.90. The summed E-state index contributed by atoms with van der Waals surface area (Å²) in [6.07, 6.45) is 4.87. The topological polar surface area (TPSA) is 29.5 Å². The van der Waals surface area contributed by atoms with Gasteiger partial charge in [-0.2, -0.15) is 0 Å².